The summed E-state index contributed by atoms with van der Waals surface area (Å²) in [7, 11) is 5.28. The largest absolute Gasteiger partial charge is 0.363 e. The molecule has 0 bridgehead atoms. The van der Waals surface area contributed by atoms with Crippen LogP contribution in [0.3, 0.4) is 0 Å². The molecule has 5 atom stereocenters. The van der Waals surface area contributed by atoms with E-state index >= 15 is 0 Å². The van der Waals surface area contributed by atoms with Crippen LogP contribution < -0.4 is 0 Å². The van der Waals surface area contributed by atoms with Crippen LogP contribution in [-0.4, -0.2) is 44.6 Å². The molecule has 0 radical (unpaired) electrons. The lowest BCUT2D eigenvalue weighted by atomic mass is 10.0. The van der Waals surface area contributed by atoms with Gasteiger partial charge in [0.15, 0.2) is 0 Å². The van der Waals surface area contributed by atoms with Crippen molar-refractivity contribution in [3.8, 4) is 0 Å². The topological polar surface area (TPSA) is 46.2 Å². The number of hydrogen-bond acceptors (Lipinski definition) is 5. The van der Waals surface area contributed by atoms with E-state index in [1.165, 1.54) is 0 Å². The number of ether oxygens (including phenoxy) is 4. The minimum Gasteiger partial charge on any atom is -0.363 e. The van der Waals surface area contributed by atoms with Crippen LogP contribution >= 0.6 is 9.47 Å². The molecule has 0 amide bonds. The normalized spacial score (nSPS) is 42.4. The molecule has 5 nitrogen and oxygen atoms in total. The molecule has 6 heteroatoms. The SMILES string of the molecule is C=CC1O[C@@](C)(OC)[C@](C)(OC)O[C@@H]1COP. The lowest BCUT2D eigenvalue weighted by molar-refractivity contribution is -0.443. The summed E-state index contributed by atoms with van der Waals surface area (Å²) in [6.45, 7) is 7.63. The van der Waals surface area contributed by atoms with Crippen LogP contribution in [0.25, 0.3) is 0 Å². The maximum atomic E-state index is 5.89. The minimum absolute atomic E-state index is 0.293. The Hall–Kier alpha value is -0.0300. The van der Waals surface area contributed by atoms with Gasteiger partial charge < -0.3 is 23.5 Å². The fourth-order valence-electron chi connectivity index (χ4n) is 1.80. The Balaban J connectivity index is 2.96. The molecule has 1 rings (SSSR count). The number of rotatable bonds is 5. The van der Waals surface area contributed by atoms with Crippen LogP contribution in [0.1, 0.15) is 13.8 Å². The molecule has 0 saturated carbocycles. The van der Waals surface area contributed by atoms with Crippen LogP contribution in [-0.2, 0) is 23.5 Å². The summed E-state index contributed by atoms with van der Waals surface area (Å²) >= 11 is 0. The van der Waals surface area contributed by atoms with Gasteiger partial charge in [-0.25, -0.2) is 0 Å². The molecule has 0 aliphatic carbocycles. The van der Waals surface area contributed by atoms with E-state index in [2.05, 4.69) is 16.0 Å². The summed E-state index contributed by atoms with van der Waals surface area (Å²) in [6, 6.07) is 0. The van der Waals surface area contributed by atoms with E-state index in [0.29, 0.717) is 6.61 Å². The first-order valence-electron chi connectivity index (χ1n) is 5.36. The predicted molar refractivity (Wildman–Crippen MR) is 66.4 cm³/mol. The third kappa shape index (κ3) is 2.70. The number of hydrogen-bond donors (Lipinski definition) is 0. The van der Waals surface area contributed by atoms with Crippen molar-refractivity contribution in [2.75, 3.05) is 20.8 Å². The maximum Gasteiger partial charge on any atom is 0.220 e. The van der Waals surface area contributed by atoms with Gasteiger partial charge in [0.2, 0.25) is 11.6 Å². The number of methoxy groups -OCH3 is 2. The van der Waals surface area contributed by atoms with Crippen LogP contribution in [0.4, 0.5) is 0 Å². The molecule has 1 aliphatic rings. The summed E-state index contributed by atoms with van der Waals surface area (Å²) in [4.78, 5) is 0. The molecule has 0 aromatic rings. The van der Waals surface area contributed by atoms with Gasteiger partial charge in [-0.15, -0.1) is 6.58 Å². The van der Waals surface area contributed by atoms with Crippen molar-refractivity contribution in [3.63, 3.8) is 0 Å². The fraction of sp³-hybridized carbons (Fsp3) is 0.818. The Morgan fingerprint density at radius 3 is 2.18 bits per heavy atom. The zero-order valence-electron chi connectivity index (χ0n) is 10.8. The Bertz CT molecular complexity index is 275. The van der Waals surface area contributed by atoms with E-state index < -0.39 is 11.6 Å². The first-order chi connectivity index (χ1) is 7.96. The molecule has 1 heterocycles. The van der Waals surface area contributed by atoms with E-state index in [0.717, 1.165) is 0 Å². The first-order valence-corrected chi connectivity index (χ1v) is 5.83. The van der Waals surface area contributed by atoms with Gasteiger partial charge in [-0.3, -0.25) is 0 Å². The summed E-state index contributed by atoms with van der Waals surface area (Å²) in [5.74, 6) is -2.01. The second-order valence-corrected chi connectivity index (χ2v) is 4.44. The van der Waals surface area contributed by atoms with Gasteiger partial charge in [0, 0.05) is 23.7 Å². The van der Waals surface area contributed by atoms with Crippen molar-refractivity contribution in [2.45, 2.75) is 37.6 Å². The van der Waals surface area contributed by atoms with Crippen LogP contribution in [0.2, 0.25) is 0 Å². The van der Waals surface area contributed by atoms with Gasteiger partial charge in [0.05, 0.1) is 6.61 Å². The minimum atomic E-state index is -1.00. The van der Waals surface area contributed by atoms with Crippen molar-refractivity contribution in [1.82, 2.24) is 0 Å². The smallest absolute Gasteiger partial charge is 0.220 e. The highest BCUT2D eigenvalue weighted by atomic mass is 31.0. The molecule has 1 fully saturated rings. The van der Waals surface area contributed by atoms with E-state index in [-0.39, 0.29) is 12.2 Å². The van der Waals surface area contributed by atoms with Gasteiger partial charge in [-0.2, -0.15) is 0 Å². The van der Waals surface area contributed by atoms with Crippen LogP contribution in [0.5, 0.6) is 0 Å². The van der Waals surface area contributed by atoms with Gasteiger partial charge in [0.1, 0.15) is 12.2 Å². The van der Waals surface area contributed by atoms with Crippen molar-refractivity contribution in [1.29, 1.82) is 0 Å². The Kier molecular flexibility index (Phi) is 5.07. The monoisotopic (exact) mass is 264 g/mol. The zero-order chi connectivity index (χ0) is 13.1. The molecule has 2 unspecified atom stereocenters. The molecule has 0 aromatic heterocycles. The van der Waals surface area contributed by atoms with Crippen LogP contribution in [0, 0.1) is 0 Å². The standard InChI is InChI=1S/C11H21O5P/c1-6-8-9(7-14-17)16-11(3,13-5)10(2,12-4)15-8/h6,8-9H,1,7,17H2,2-5H3/t8?,9-,10-,11-/m1/s1. The van der Waals surface area contributed by atoms with Crippen LogP contribution in [0.15, 0.2) is 12.7 Å². The Morgan fingerprint density at radius 1 is 1.24 bits per heavy atom. The highest BCUT2D eigenvalue weighted by Crippen LogP contribution is 2.39. The lowest BCUT2D eigenvalue weighted by Crippen LogP contribution is -2.65. The highest BCUT2D eigenvalue weighted by Gasteiger charge is 2.56. The van der Waals surface area contributed by atoms with E-state index in [9.17, 15) is 0 Å². The van der Waals surface area contributed by atoms with Gasteiger partial charge >= 0.3 is 0 Å². The maximum absolute atomic E-state index is 5.89. The molecular formula is C11H21O5P. The van der Waals surface area contributed by atoms with Gasteiger partial charge in [-0.05, 0) is 13.8 Å². The molecule has 100 valence electrons. The summed E-state index contributed by atoms with van der Waals surface area (Å²) in [5, 5.41) is 0. The molecule has 1 aliphatic heterocycles. The summed E-state index contributed by atoms with van der Waals surface area (Å²) < 4.78 is 27.5. The third-order valence-electron chi connectivity index (χ3n) is 3.20. The van der Waals surface area contributed by atoms with Crippen molar-refractivity contribution < 1.29 is 23.5 Å². The van der Waals surface area contributed by atoms with E-state index in [1.54, 1.807) is 34.1 Å². The van der Waals surface area contributed by atoms with Gasteiger partial charge in [0.25, 0.3) is 0 Å². The zero-order valence-corrected chi connectivity index (χ0v) is 11.9. The fourth-order valence-corrected chi connectivity index (χ4v) is 1.99. The molecule has 1 saturated heterocycles. The average Bonchev–Trinajstić information content (AvgIpc) is 2.34. The van der Waals surface area contributed by atoms with E-state index in [4.69, 9.17) is 23.5 Å². The predicted octanol–water partition coefficient (Wildman–Crippen LogP) is 1.49. The molecular weight excluding hydrogens is 243 g/mol. The molecule has 17 heavy (non-hydrogen) atoms. The van der Waals surface area contributed by atoms with Gasteiger partial charge in [-0.1, -0.05) is 6.08 Å². The molecule has 0 N–H and O–H groups in total. The third-order valence-corrected chi connectivity index (χ3v) is 3.39. The summed E-state index contributed by atoms with van der Waals surface area (Å²) in [6.07, 6.45) is 1.06. The van der Waals surface area contributed by atoms with Crippen molar-refractivity contribution >= 4 is 9.47 Å². The Morgan fingerprint density at radius 2 is 1.76 bits per heavy atom. The average molecular weight is 264 g/mol. The van der Waals surface area contributed by atoms with E-state index in [1.807, 2.05) is 0 Å². The highest BCUT2D eigenvalue weighted by molar-refractivity contribution is 7.09. The second-order valence-electron chi connectivity index (χ2n) is 4.11. The van der Waals surface area contributed by atoms with Crippen molar-refractivity contribution in [3.05, 3.63) is 12.7 Å². The molecule has 0 spiro atoms. The molecule has 0 aromatic carbocycles. The lowest BCUT2D eigenvalue weighted by Gasteiger charge is -2.51. The van der Waals surface area contributed by atoms with Crippen molar-refractivity contribution in [2.24, 2.45) is 0 Å². The quantitative estimate of drug-likeness (QED) is 0.556. The Labute approximate surface area is 105 Å². The first kappa shape index (κ1) is 15.0. The summed E-state index contributed by atoms with van der Waals surface area (Å²) in [5.41, 5.74) is 0. The second kappa shape index (κ2) is 5.74.